The number of aryl methyl sites for hydroxylation is 2. The number of amides is 1. The van der Waals surface area contributed by atoms with E-state index in [0.29, 0.717) is 42.7 Å². The Labute approximate surface area is 197 Å². The number of rotatable bonds is 6. The molecule has 0 radical (unpaired) electrons. The van der Waals surface area contributed by atoms with E-state index in [-0.39, 0.29) is 17.3 Å². The standard InChI is InChI=1S/C23H26N4O4S2/c1-14-5-9-18(10-6-14)33(29,30)27-11-3-4-17(13-27)22(28)24-19-12-20(32-15(19)2)21-25-23(31-26-21)16-7-8-16/h5-6,9-10,12,16-17H,3-4,7-8,11,13H2,1-2H3,(H,24,28)/t17-/m1/s1. The first-order chi connectivity index (χ1) is 15.8. The van der Waals surface area contributed by atoms with Crippen LogP contribution in [0.25, 0.3) is 10.7 Å². The molecule has 174 valence electrons. The molecule has 3 aromatic rings. The predicted octanol–water partition coefficient (Wildman–Crippen LogP) is 4.33. The molecule has 1 amide bonds. The molecule has 1 saturated carbocycles. The van der Waals surface area contributed by atoms with Crippen LogP contribution in [0.4, 0.5) is 5.69 Å². The SMILES string of the molecule is Cc1ccc(S(=O)(=O)N2CCC[C@@H](C(=O)Nc3cc(-c4noc(C5CC5)n4)sc3C)C2)cc1. The van der Waals surface area contributed by atoms with Crippen LogP contribution in [0.5, 0.6) is 0 Å². The van der Waals surface area contributed by atoms with Gasteiger partial charge in [0.2, 0.25) is 27.6 Å². The number of aromatic nitrogens is 2. The predicted molar refractivity (Wildman–Crippen MR) is 126 cm³/mol. The minimum Gasteiger partial charge on any atom is -0.339 e. The normalized spacial score (nSPS) is 19.5. The van der Waals surface area contributed by atoms with Gasteiger partial charge in [0.1, 0.15) is 0 Å². The van der Waals surface area contributed by atoms with E-state index in [0.717, 1.165) is 28.2 Å². The Balaban J connectivity index is 1.27. The van der Waals surface area contributed by atoms with Gasteiger partial charge in [-0.3, -0.25) is 4.79 Å². The number of benzene rings is 1. The third-order valence-corrected chi connectivity index (χ3v) is 9.10. The third-order valence-electron chi connectivity index (χ3n) is 6.18. The van der Waals surface area contributed by atoms with Crippen molar-refractivity contribution < 1.29 is 17.7 Å². The second-order valence-corrected chi connectivity index (χ2v) is 12.0. The average molecular weight is 487 g/mol. The van der Waals surface area contributed by atoms with Crippen LogP contribution in [0.1, 0.15) is 47.9 Å². The Morgan fingerprint density at radius 3 is 2.67 bits per heavy atom. The van der Waals surface area contributed by atoms with Crippen molar-refractivity contribution in [1.82, 2.24) is 14.4 Å². The van der Waals surface area contributed by atoms with Gasteiger partial charge in [0.05, 0.1) is 21.4 Å². The van der Waals surface area contributed by atoms with Crippen LogP contribution in [0.3, 0.4) is 0 Å². The fraction of sp³-hybridized carbons (Fsp3) is 0.435. The Morgan fingerprint density at radius 1 is 1.18 bits per heavy atom. The summed E-state index contributed by atoms with van der Waals surface area (Å²) < 4.78 is 32.9. The molecule has 5 rings (SSSR count). The molecule has 1 atom stereocenters. The topological polar surface area (TPSA) is 105 Å². The first kappa shape index (κ1) is 22.2. The van der Waals surface area contributed by atoms with Gasteiger partial charge in [0.15, 0.2) is 0 Å². The fourth-order valence-electron chi connectivity index (χ4n) is 4.02. The minimum atomic E-state index is -3.63. The van der Waals surface area contributed by atoms with Gasteiger partial charge < -0.3 is 9.84 Å². The monoisotopic (exact) mass is 486 g/mol. The van der Waals surface area contributed by atoms with Gasteiger partial charge in [-0.15, -0.1) is 11.3 Å². The van der Waals surface area contributed by atoms with E-state index in [1.165, 1.54) is 15.6 Å². The van der Waals surface area contributed by atoms with Gasteiger partial charge in [-0.25, -0.2) is 8.42 Å². The molecule has 2 aromatic heterocycles. The molecule has 0 bridgehead atoms. The van der Waals surface area contributed by atoms with Gasteiger partial charge in [0.25, 0.3) is 0 Å². The quantitative estimate of drug-likeness (QED) is 0.556. The Hall–Kier alpha value is -2.56. The number of piperidine rings is 1. The molecular formula is C23H26N4O4S2. The van der Waals surface area contributed by atoms with E-state index < -0.39 is 15.9 Å². The molecule has 33 heavy (non-hydrogen) atoms. The number of anilines is 1. The molecule has 10 heteroatoms. The number of thiophene rings is 1. The van der Waals surface area contributed by atoms with Crippen LogP contribution in [-0.4, -0.2) is 41.9 Å². The lowest BCUT2D eigenvalue weighted by Crippen LogP contribution is -2.43. The van der Waals surface area contributed by atoms with Crippen molar-refractivity contribution in [3.8, 4) is 10.7 Å². The Kier molecular flexibility index (Phi) is 5.84. The van der Waals surface area contributed by atoms with Gasteiger partial charge in [-0.1, -0.05) is 22.9 Å². The summed E-state index contributed by atoms with van der Waals surface area (Å²) in [5.41, 5.74) is 1.70. The van der Waals surface area contributed by atoms with Crippen molar-refractivity contribution in [2.45, 2.75) is 50.3 Å². The van der Waals surface area contributed by atoms with Gasteiger partial charge >= 0.3 is 0 Å². The molecule has 1 saturated heterocycles. The molecule has 1 aliphatic heterocycles. The van der Waals surface area contributed by atoms with Crippen LogP contribution in [-0.2, 0) is 14.8 Å². The second-order valence-electron chi connectivity index (χ2n) is 8.82. The summed E-state index contributed by atoms with van der Waals surface area (Å²) in [6.07, 6.45) is 3.47. The van der Waals surface area contributed by atoms with Gasteiger partial charge in [0, 0.05) is 23.9 Å². The zero-order chi connectivity index (χ0) is 23.2. The third kappa shape index (κ3) is 4.60. The Bertz CT molecular complexity index is 1280. The zero-order valence-electron chi connectivity index (χ0n) is 18.6. The fourth-order valence-corrected chi connectivity index (χ4v) is 6.44. The van der Waals surface area contributed by atoms with E-state index in [9.17, 15) is 13.2 Å². The number of nitrogens with one attached hydrogen (secondary N) is 1. The molecule has 1 aliphatic carbocycles. The van der Waals surface area contributed by atoms with Crippen LogP contribution < -0.4 is 5.32 Å². The molecule has 3 heterocycles. The minimum absolute atomic E-state index is 0.168. The van der Waals surface area contributed by atoms with Crippen molar-refractivity contribution in [3.63, 3.8) is 0 Å². The lowest BCUT2D eigenvalue weighted by Gasteiger charge is -2.31. The summed E-state index contributed by atoms with van der Waals surface area (Å²) in [5.74, 6) is 1.03. The van der Waals surface area contributed by atoms with Crippen molar-refractivity contribution in [1.29, 1.82) is 0 Å². The van der Waals surface area contributed by atoms with Crippen molar-refractivity contribution in [2.75, 3.05) is 18.4 Å². The number of carbonyl (C=O) groups excluding carboxylic acids is 1. The maximum Gasteiger partial charge on any atom is 0.243 e. The van der Waals surface area contributed by atoms with E-state index in [1.807, 2.05) is 19.9 Å². The van der Waals surface area contributed by atoms with Gasteiger partial charge in [-0.05, 0) is 57.7 Å². The molecule has 8 nitrogen and oxygen atoms in total. The van der Waals surface area contributed by atoms with E-state index in [1.54, 1.807) is 24.3 Å². The summed E-state index contributed by atoms with van der Waals surface area (Å²) >= 11 is 1.50. The first-order valence-electron chi connectivity index (χ1n) is 11.1. The summed E-state index contributed by atoms with van der Waals surface area (Å²) in [4.78, 5) is 19.6. The zero-order valence-corrected chi connectivity index (χ0v) is 20.2. The summed E-state index contributed by atoms with van der Waals surface area (Å²) in [6, 6.07) is 8.68. The van der Waals surface area contributed by atoms with E-state index in [4.69, 9.17) is 4.52 Å². The maximum absolute atomic E-state index is 13.1. The molecule has 1 aromatic carbocycles. The van der Waals surface area contributed by atoms with Gasteiger partial charge in [-0.2, -0.15) is 9.29 Å². The highest BCUT2D eigenvalue weighted by Gasteiger charge is 2.34. The Morgan fingerprint density at radius 2 is 1.94 bits per heavy atom. The lowest BCUT2D eigenvalue weighted by atomic mass is 9.99. The lowest BCUT2D eigenvalue weighted by molar-refractivity contribution is -0.120. The van der Waals surface area contributed by atoms with Crippen LogP contribution in [0, 0.1) is 19.8 Å². The van der Waals surface area contributed by atoms with Crippen LogP contribution >= 0.6 is 11.3 Å². The maximum atomic E-state index is 13.1. The molecule has 2 fully saturated rings. The number of nitrogens with zero attached hydrogens (tertiary/aromatic N) is 3. The number of sulfonamides is 1. The van der Waals surface area contributed by atoms with Crippen molar-refractivity contribution in [3.05, 3.63) is 46.7 Å². The van der Waals surface area contributed by atoms with E-state index >= 15 is 0 Å². The van der Waals surface area contributed by atoms with Crippen LogP contribution in [0.15, 0.2) is 39.8 Å². The van der Waals surface area contributed by atoms with E-state index in [2.05, 4.69) is 15.5 Å². The number of hydrogen-bond donors (Lipinski definition) is 1. The molecule has 2 aliphatic rings. The van der Waals surface area contributed by atoms with Crippen LogP contribution in [0.2, 0.25) is 0 Å². The second kappa shape index (κ2) is 8.66. The largest absolute Gasteiger partial charge is 0.339 e. The summed E-state index contributed by atoms with van der Waals surface area (Å²) in [5, 5.41) is 7.08. The highest BCUT2D eigenvalue weighted by molar-refractivity contribution is 7.89. The average Bonchev–Trinajstić information content (AvgIpc) is 3.43. The summed E-state index contributed by atoms with van der Waals surface area (Å²) in [7, 11) is -3.63. The number of hydrogen-bond acceptors (Lipinski definition) is 7. The van der Waals surface area contributed by atoms with Crippen molar-refractivity contribution >= 4 is 33.0 Å². The highest BCUT2D eigenvalue weighted by atomic mass is 32.2. The molecule has 1 N–H and O–H groups in total. The first-order valence-corrected chi connectivity index (χ1v) is 13.4. The molecule has 0 spiro atoms. The van der Waals surface area contributed by atoms with Crippen molar-refractivity contribution in [2.24, 2.45) is 5.92 Å². The highest BCUT2D eigenvalue weighted by Crippen LogP contribution is 2.40. The summed E-state index contributed by atoms with van der Waals surface area (Å²) in [6.45, 7) is 4.44. The molecule has 0 unspecified atom stereocenters. The number of carbonyl (C=O) groups is 1. The smallest absolute Gasteiger partial charge is 0.243 e. The molecular weight excluding hydrogens is 460 g/mol.